The SMILES string of the molecule is Cc1cc2ccccc2n1CC(=O)N1CCCCC1c1nc2ccccc2s1. The maximum Gasteiger partial charge on any atom is 0.243 e. The van der Waals surface area contributed by atoms with E-state index in [1.165, 1.54) is 10.1 Å². The number of piperidine rings is 1. The third kappa shape index (κ3) is 3.00. The van der Waals surface area contributed by atoms with Crippen LogP contribution in [0.25, 0.3) is 21.1 Å². The lowest BCUT2D eigenvalue weighted by Crippen LogP contribution is -2.40. The van der Waals surface area contributed by atoms with Crippen molar-refractivity contribution in [3.63, 3.8) is 0 Å². The summed E-state index contributed by atoms with van der Waals surface area (Å²) >= 11 is 1.73. The molecular weight excluding hydrogens is 366 g/mol. The van der Waals surface area contributed by atoms with Gasteiger partial charge in [-0.2, -0.15) is 0 Å². The summed E-state index contributed by atoms with van der Waals surface area (Å²) in [6.45, 7) is 3.28. The van der Waals surface area contributed by atoms with Crippen molar-refractivity contribution in [2.24, 2.45) is 0 Å². The molecule has 1 saturated heterocycles. The van der Waals surface area contributed by atoms with Crippen molar-refractivity contribution in [1.82, 2.24) is 14.5 Å². The number of thiazole rings is 1. The Morgan fingerprint density at radius 1 is 1.14 bits per heavy atom. The molecule has 1 atom stereocenters. The summed E-state index contributed by atoms with van der Waals surface area (Å²) in [6.07, 6.45) is 3.21. The molecule has 28 heavy (non-hydrogen) atoms. The third-order valence-electron chi connectivity index (χ3n) is 5.73. The van der Waals surface area contributed by atoms with Crippen molar-refractivity contribution in [3.05, 3.63) is 65.3 Å². The number of hydrogen-bond donors (Lipinski definition) is 0. The highest BCUT2D eigenvalue weighted by Crippen LogP contribution is 2.36. The number of aromatic nitrogens is 2. The van der Waals surface area contributed by atoms with Crippen LogP contribution >= 0.6 is 11.3 Å². The number of rotatable bonds is 3. The molecule has 2 aromatic heterocycles. The molecule has 0 radical (unpaired) electrons. The van der Waals surface area contributed by atoms with E-state index in [0.717, 1.165) is 47.5 Å². The summed E-state index contributed by atoms with van der Waals surface area (Å²) in [7, 11) is 0. The lowest BCUT2D eigenvalue weighted by Gasteiger charge is -2.35. The molecule has 3 heterocycles. The molecule has 142 valence electrons. The number of hydrogen-bond acceptors (Lipinski definition) is 3. The summed E-state index contributed by atoms with van der Waals surface area (Å²) < 4.78 is 3.34. The summed E-state index contributed by atoms with van der Waals surface area (Å²) in [6, 6.07) is 18.8. The van der Waals surface area contributed by atoms with Gasteiger partial charge in [0.05, 0.1) is 16.3 Å². The molecule has 1 fully saturated rings. The van der Waals surface area contributed by atoms with Crippen molar-refractivity contribution >= 4 is 38.4 Å². The molecule has 1 amide bonds. The van der Waals surface area contributed by atoms with Gasteiger partial charge in [-0.25, -0.2) is 4.98 Å². The molecule has 1 aliphatic rings. The second kappa shape index (κ2) is 7.06. The molecule has 5 heteroatoms. The van der Waals surface area contributed by atoms with Gasteiger partial charge >= 0.3 is 0 Å². The maximum atomic E-state index is 13.3. The van der Waals surface area contributed by atoms with Crippen LogP contribution in [0.15, 0.2) is 54.6 Å². The summed E-state index contributed by atoms with van der Waals surface area (Å²) in [5.74, 6) is 0.188. The van der Waals surface area contributed by atoms with E-state index in [1.54, 1.807) is 11.3 Å². The Morgan fingerprint density at radius 2 is 1.96 bits per heavy atom. The topological polar surface area (TPSA) is 38.1 Å². The first-order chi connectivity index (χ1) is 13.7. The minimum absolute atomic E-state index is 0.0979. The number of amides is 1. The summed E-state index contributed by atoms with van der Waals surface area (Å²) in [5.41, 5.74) is 3.29. The largest absolute Gasteiger partial charge is 0.335 e. The van der Waals surface area contributed by atoms with E-state index in [1.807, 2.05) is 24.3 Å². The zero-order chi connectivity index (χ0) is 19.1. The van der Waals surface area contributed by atoms with Crippen LogP contribution in [0, 0.1) is 6.92 Å². The number of fused-ring (bicyclic) bond motifs is 2. The van der Waals surface area contributed by atoms with Crippen LogP contribution in [-0.4, -0.2) is 26.9 Å². The predicted molar refractivity (Wildman–Crippen MR) is 115 cm³/mol. The number of aryl methyl sites for hydroxylation is 1. The number of para-hydroxylation sites is 2. The fourth-order valence-corrected chi connectivity index (χ4v) is 5.42. The van der Waals surface area contributed by atoms with Crippen molar-refractivity contribution in [2.75, 3.05) is 6.54 Å². The molecule has 2 aromatic carbocycles. The highest BCUT2D eigenvalue weighted by atomic mass is 32.1. The van der Waals surface area contributed by atoms with Crippen molar-refractivity contribution in [1.29, 1.82) is 0 Å². The molecule has 5 rings (SSSR count). The third-order valence-corrected chi connectivity index (χ3v) is 6.87. The predicted octanol–water partition coefficient (Wildman–Crippen LogP) is 5.31. The monoisotopic (exact) mass is 389 g/mol. The number of benzene rings is 2. The van der Waals surface area contributed by atoms with Gasteiger partial charge in [0.25, 0.3) is 0 Å². The van der Waals surface area contributed by atoms with E-state index in [9.17, 15) is 4.79 Å². The fourth-order valence-electron chi connectivity index (χ4n) is 4.30. The number of carbonyl (C=O) groups excluding carboxylic acids is 1. The number of likely N-dealkylation sites (tertiary alicyclic amines) is 1. The number of nitrogens with zero attached hydrogens (tertiary/aromatic N) is 3. The molecule has 0 bridgehead atoms. The first-order valence-corrected chi connectivity index (χ1v) is 10.7. The summed E-state index contributed by atoms with van der Waals surface area (Å²) in [5, 5.41) is 2.26. The van der Waals surface area contributed by atoms with Crippen LogP contribution in [0.5, 0.6) is 0 Å². The Bertz CT molecular complexity index is 1130. The molecule has 0 saturated carbocycles. The lowest BCUT2D eigenvalue weighted by molar-refractivity contribution is -0.135. The number of carbonyl (C=O) groups is 1. The van der Waals surface area contributed by atoms with Gasteiger partial charge in [0.1, 0.15) is 11.6 Å². The average Bonchev–Trinajstić information content (AvgIpc) is 3.29. The standard InChI is InChI=1S/C23H23N3OS/c1-16-14-17-8-2-4-10-19(17)26(16)15-22(27)25-13-7-6-11-20(25)23-24-18-9-3-5-12-21(18)28-23/h2-5,8-10,12,14,20H,6-7,11,13,15H2,1H3. The zero-order valence-corrected chi connectivity index (χ0v) is 16.8. The quantitative estimate of drug-likeness (QED) is 0.476. The van der Waals surface area contributed by atoms with E-state index in [-0.39, 0.29) is 11.9 Å². The van der Waals surface area contributed by atoms with Gasteiger partial charge in [-0.1, -0.05) is 30.3 Å². The zero-order valence-electron chi connectivity index (χ0n) is 16.0. The Labute approximate surface area is 168 Å². The smallest absolute Gasteiger partial charge is 0.243 e. The molecular formula is C23H23N3OS. The Kier molecular flexibility index (Phi) is 4.40. The average molecular weight is 390 g/mol. The van der Waals surface area contributed by atoms with Gasteiger partial charge in [0.2, 0.25) is 5.91 Å². The van der Waals surface area contributed by atoms with Crippen molar-refractivity contribution in [2.45, 2.75) is 38.8 Å². The molecule has 1 unspecified atom stereocenters. The lowest BCUT2D eigenvalue weighted by atomic mass is 10.0. The van der Waals surface area contributed by atoms with Gasteiger partial charge in [-0.15, -0.1) is 11.3 Å². The van der Waals surface area contributed by atoms with Crippen molar-refractivity contribution in [3.8, 4) is 0 Å². The fraction of sp³-hybridized carbons (Fsp3) is 0.304. The van der Waals surface area contributed by atoms with Crippen LogP contribution in [0.4, 0.5) is 0 Å². The van der Waals surface area contributed by atoms with Gasteiger partial charge in [0, 0.05) is 17.8 Å². The molecule has 4 aromatic rings. The Hall–Kier alpha value is -2.66. The van der Waals surface area contributed by atoms with Gasteiger partial charge in [-0.05, 0) is 55.8 Å². The van der Waals surface area contributed by atoms with Gasteiger partial charge in [0.15, 0.2) is 0 Å². The second-order valence-corrected chi connectivity index (χ2v) is 8.61. The normalized spacial score (nSPS) is 17.5. The highest BCUT2D eigenvalue weighted by Gasteiger charge is 2.30. The van der Waals surface area contributed by atoms with Gasteiger partial charge < -0.3 is 9.47 Å². The molecule has 0 N–H and O–H groups in total. The van der Waals surface area contributed by atoms with E-state index in [4.69, 9.17) is 4.98 Å². The molecule has 4 nitrogen and oxygen atoms in total. The van der Waals surface area contributed by atoms with Crippen LogP contribution in [0.1, 0.15) is 36.0 Å². The van der Waals surface area contributed by atoms with Crippen LogP contribution in [-0.2, 0) is 11.3 Å². The van der Waals surface area contributed by atoms with Crippen LogP contribution in [0.3, 0.4) is 0 Å². The maximum absolute atomic E-state index is 13.3. The highest BCUT2D eigenvalue weighted by molar-refractivity contribution is 7.18. The van der Waals surface area contributed by atoms with Crippen LogP contribution < -0.4 is 0 Å². The van der Waals surface area contributed by atoms with E-state index >= 15 is 0 Å². The van der Waals surface area contributed by atoms with Crippen molar-refractivity contribution < 1.29 is 4.79 Å². The molecule has 1 aliphatic heterocycles. The van der Waals surface area contributed by atoms with E-state index in [0.29, 0.717) is 6.54 Å². The minimum atomic E-state index is 0.0979. The van der Waals surface area contributed by atoms with E-state index < -0.39 is 0 Å². The Morgan fingerprint density at radius 3 is 2.86 bits per heavy atom. The molecule has 0 spiro atoms. The van der Waals surface area contributed by atoms with Crippen LogP contribution in [0.2, 0.25) is 0 Å². The molecule has 0 aliphatic carbocycles. The minimum Gasteiger partial charge on any atom is -0.335 e. The second-order valence-electron chi connectivity index (χ2n) is 7.55. The van der Waals surface area contributed by atoms with E-state index in [2.05, 4.69) is 46.7 Å². The first kappa shape index (κ1) is 17.4. The van der Waals surface area contributed by atoms with Gasteiger partial charge in [-0.3, -0.25) is 4.79 Å². The summed E-state index contributed by atoms with van der Waals surface area (Å²) in [4.78, 5) is 20.3. The Balaban J connectivity index is 1.45. The first-order valence-electron chi connectivity index (χ1n) is 9.90.